The Balaban J connectivity index is 1.55. The highest BCUT2D eigenvalue weighted by molar-refractivity contribution is 5.82. The van der Waals surface area contributed by atoms with Crippen molar-refractivity contribution in [2.45, 2.75) is 6.54 Å². The predicted molar refractivity (Wildman–Crippen MR) is 103 cm³/mol. The van der Waals surface area contributed by atoms with Crippen molar-refractivity contribution < 1.29 is 0 Å². The molecule has 1 aliphatic heterocycles. The number of nitrogens with two attached hydrogens (primary N) is 1. The topological polar surface area (TPSA) is 65.4 Å². The van der Waals surface area contributed by atoms with Gasteiger partial charge in [-0.25, -0.2) is 0 Å². The van der Waals surface area contributed by atoms with Crippen LogP contribution in [0.3, 0.4) is 0 Å². The number of aromatic amines is 1. The summed E-state index contributed by atoms with van der Waals surface area (Å²) in [5.74, 6) is 0. The maximum absolute atomic E-state index is 12.3. The van der Waals surface area contributed by atoms with Gasteiger partial charge in [0, 0.05) is 66.8 Å². The van der Waals surface area contributed by atoms with Crippen LogP contribution in [0, 0.1) is 0 Å². The van der Waals surface area contributed by atoms with Crippen molar-refractivity contribution in [3.8, 4) is 0 Å². The van der Waals surface area contributed by atoms with Gasteiger partial charge in [0.05, 0.1) is 0 Å². The lowest BCUT2D eigenvalue weighted by atomic mass is 10.1. The standard InChI is InChI=1S/C20H22N4O/c21-14-15-12-20(25)18-13-17(6-7-19(18)22-15)24-10-8-23(9-11-24)16-4-2-1-3-5-16/h1-7,12-13H,8-11,14,21H2,(H,22,25). The summed E-state index contributed by atoms with van der Waals surface area (Å²) in [4.78, 5) is 20.3. The summed E-state index contributed by atoms with van der Waals surface area (Å²) in [5.41, 5.74) is 9.65. The lowest BCUT2D eigenvalue weighted by Gasteiger charge is -2.37. The average molecular weight is 334 g/mol. The van der Waals surface area contributed by atoms with Crippen LogP contribution in [0.1, 0.15) is 5.69 Å². The van der Waals surface area contributed by atoms with Crippen molar-refractivity contribution in [1.82, 2.24) is 4.98 Å². The van der Waals surface area contributed by atoms with Crippen LogP contribution in [0.4, 0.5) is 11.4 Å². The second-order valence-corrected chi connectivity index (χ2v) is 6.40. The second kappa shape index (κ2) is 6.61. The van der Waals surface area contributed by atoms with Gasteiger partial charge in [0.2, 0.25) is 0 Å². The average Bonchev–Trinajstić information content (AvgIpc) is 2.68. The van der Waals surface area contributed by atoms with Gasteiger partial charge in [-0.1, -0.05) is 18.2 Å². The Hall–Kier alpha value is -2.79. The summed E-state index contributed by atoms with van der Waals surface area (Å²) in [7, 11) is 0. The molecule has 0 aliphatic carbocycles. The molecule has 128 valence electrons. The molecule has 0 radical (unpaired) electrons. The molecule has 0 amide bonds. The first kappa shape index (κ1) is 15.7. The van der Waals surface area contributed by atoms with Gasteiger partial charge in [-0.2, -0.15) is 0 Å². The molecule has 0 bridgehead atoms. The van der Waals surface area contributed by atoms with E-state index in [9.17, 15) is 4.79 Å². The molecular formula is C20H22N4O. The number of pyridine rings is 1. The SMILES string of the molecule is NCc1cc(=O)c2cc(N3CCN(c4ccccc4)CC3)ccc2[nH]1. The van der Waals surface area contributed by atoms with Gasteiger partial charge in [0.25, 0.3) is 0 Å². The molecule has 5 nitrogen and oxygen atoms in total. The van der Waals surface area contributed by atoms with Gasteiger partial charge < -0.3 is 20.5 Å². The van der Waals surface area contributed by atoms with Crippen molar-refractivity contribution in [3.05, 3.63) is 70.5 Å². The molecule has 0 unspecified atom stereocenters. The Kier molecular flexibility index (Phi) is 4.15. The molecule has 1 aliphatic rings. The van der Waals surface area contributed by atoms with Gasteiger partial charge in [0.1, 0.15) is 0 Å². The molecule has 2 heterocycles. The number of hydrogen-bond donors (Lipinski definition) is 2. The quantitative estimate of drug-likeness (QED) is 0.771. The van der Waals surface area contributed by atoms with E-state index in [-0.39, 0.29) is 5.43 Å². The predicted octanol–water partition coefficient (Wildman–Crippen LogP) is 2.31. The second-order valence-electron chi connectivity index (χ2n) is 6.40. The first-order valence-electron chi connectivity index (χ1n) is 8.65. The fourth-order valence-electron chi connectivity index (χ4n) is 3.46. The van der Waals surface area contributed by atoms with E-state index in [4.69, 9.17) is 5.73 Å². The molecule has 1 aromatic heterocycles. The van der Waals surface area contributed by atoms with E-state index in [1.165, 1.54) is 5.69 Å². The van der Waals surface area contributed by atoms with Crippen LogP contribution in [0.5, 0.6) is 0 Å². The molecular weight excluding hydrogens is 312 g/mol. The smallest absolute Gasteiger partial charge is 0.189 e. The normalized spacial score (nSPS) is 14.9. The van der Waals surface area contributed by atoms with Gasteiger partial charge in [-0.05, 0) is 30.3 Å². The summed E-state index contributed by atoms with van der Waals surface area (Å²) >= 11 is 0. The minimum Gasteiger partial charge on any atom is -0.368 e. The van der Waals surface area contributed by atoms with Crippen LogP contribution < -0.4 is 21.0 Å². The highest BCUT2D eigenvalue weighted by Crippen LogP contribution is 2.22. The first-order valence-corrected chi connectivity index (χ1v) is 8.65. The minimum atomic E-state index is 0.0268. The number of nitrogens with one attached hydrogen (secondary N) is 1. The van der Waals surface area contributed by atoms with Crippen molar-refractivity contribution in [1.29, 1.82) is 0 Å². The van der Waals surface area contributed by atoms with Gasteiger partial charge >= 0.3 is 0 Å². The van der Waals surface area contributed by atoms with Crippen LogP contribution in [0.25, 0.3) is 10.9 Å². The van der Waals surface area contributed by atoms with Gasteiger partial charge in [-0.15, -0.1) is 0 Å². The summed E-state index contributed by atoms with van der Waals surface area (Å²) in [5, 5.41) is 0.722. The Morgan fingerprint density at radius 2 is 1.56 bits per heavy atom. The Labute approximate surface area is 146 Å². The molecule has 1 fully saturated rings. The summed E-state index contributed by atoms with van der Waals surface area (Å²) in [6.07, 6.45) is 0. The van der Waals surface area contributed by atoms with E-state index >= 15 is 0 Å². The Bertz CT molecular complexity index is 927. The van der Waals surface area contributed by atoms with Crippen LogP contribution in [-0.4, -0.2) is 31.2 Å². The van der Waals surface area contributed by atoms with Gasteiger partial charge in [0.15, 0.2) is 5.43 Å². The van der Waals surface area contributed by atoms with Gasteiger partial charge in [-0.3, -0.25) is 4.79 Å². The number of aromatic nitrogens is 1. The zero-order valence-corrected chi connectivity index (χ0v) is 14.1. The van der Waals surface area contributed by atoms with Crippen LogP contribution in [0.2, 0.25) is 0 Å². The zero-order chi connectivity index (χ0) is 17.2. The number of anilines is 2. The largest absolute Gasteiger partial charge is 0.368 e. The van der Waals surface area contributed by atoms with E-state index in [1.807, 2.05) is 18.2 Å². The fourth-order valence-corrected chi connectivity index (χ4v) is 3.46. The first-order chi connectivity index (χ1) is 12.2. The van der Waals surface area contributed by atoms with Crippen LogP contribution >= 0.6 is 0 Å². The molecule has 1 saturated heterocycles. The maximum Gasteiger partial charge on any atom is 0.189 e. The number of piperazine rings is 1. The van der Waals surface area contributed by atoms with E-state index in [0.29, 0.717) is 6.54 Å². The minimum absolute atomic E-state index is 0.0268. The summed E-state index contributed by atoms with van der Waals surface area (Å²) < 4.78 is 0. The molecule has 0 saturated carbocycles. The fraction of sp³-hybridized carbons (Fsp3) is 0.250. The third-order valence-corrected chi connectivity index (χ3v) is 4.86. The molecule has 4 rings (SSSR count). The molecule has 25 heavy (non-hydrogen) atoms. The van der Waals surface area contributed by atoms with E-state index in [2.05, 4.69) is 45.1 Å². The molecule has 0 atom stereocenters. The highest BCUT2D eigenvalue weighted by Gasteiger charge is 2.18. The van der Waals surface area contributed by atoms with E-state index < -0.39 is 0 Å². The summed E-state index contributed by atoms with van der Waals surface area (Å²) in [6, 6.07) is 18.2. The van der Waals surface area contributed by atoms with Crippen molar-refractivity contribution in [2.24, 2.45) is 5.73 Å². The highest BCUT2D eigenvalue weighted by atomic mass is 16.1. The van der Waals surface area contributed by atoms with E-state index in [0.717, 1.165) is 48.5 Å². The number of H-pyrrole nitrogens is 1. The maximum atomic E-state index is 12.3. The lowest BCUT2D eigenvalue weighted by Crippen LogP contribution is -2.46. The zero-order valence-electron chi connectivity index (χ0n) is 14.1. The lowest BCUT2D eigenvalue weighted by molar-refractivity contribution is 0.654. The molecule has 3 N–H and O–H groups in total. The number of nitrogens with zero attached hydrogens (tertiary/aromatic N) is 2. The summed E-state index contributed by atoms with van der Waals surface area (Å²) in [6.45, 7) is 4.18. The van der Waals surface area contributed by atoms with Crippen molar-refractivity contribution in [2.75, 3.05) is 36.0 Å². The van der Waals surface area contributed by atoms with Crippen LogP contribution in [-0.2, 0) is 6.54 Å². The number of hydrogen-bond acceptors (Lipinski definition) is 4. The third-order valence-electron chi connectivity index (χ3n) is 4.86. The third kappa shape index (κ3) is 3.10. The molecule has 3 aromatic rings. The monoisotopic (exact) mass is 334 g/mol. The number of benzene rings is 2. The van der Waals surface area contributed by atoms with E-state index in [1.54, 1.807) is 6.07 Å². The Morgan fingerprint density at radius 3 is 2.24 bits per heavy atom. The number of rotatable bonds is 3. The Morgan fingerprint density at radius 1 is 0.880 bits per heavy atom. The van der Waals surface area contributed by atoms with Crippen LogP contribution in [0.15, 0.2) is 59.4 Å². The van der Waals surface area contributed by atoms with Crippen molar-refractivity contribution >= 4 is 22.3 Å². The molecule has 5 heteroatoms. The van der Waals surface area contributed by atoms with Crippen molar-refractivity contribution in [3.63, 3.8) is 0 Å². The molecule has 0 spiro atoms. The number of para-hydroxylation sites is 1. The molecule has 2 aromatic carbocycles. The number of fused-ring (bicyclic) bond motifs is 1.